The molecule has 2 aliphatic rings. The summed E-state index contributed by atoms with van der Waals surface area (Å²) in [4.78, 5) is 11.5. The zero-order valence-electron chi connectivity index (χ0n) is 28.9. The van der Waals surface area contributed by atoms with Crippen LogP contribution in [-0.4, -0.2) is 42.7 Å². The average Bonchev–Trinajstić information content (AvgIpc) is 3.70. The molecule has 1 aliphatic carbocycles. The Labute approximate surface area is 399 Å². The van der Waals surface area contributed by atoms with Gasteiger partial charge in [-0.05, 0) is 66.6 Å². The normalized spacial score (nSPS) is 12.0. The zero-order valence-corrected chi connectivity index (χ0v) is 38.5. The maximum atomic E-state index is 10.2. The number of ether oxygens (including phenoxy) is 3. The van der Waals surface area contributed by atoms with E-state index in [2.05, 4.69) is 75.4 Å². The Balaban J connectivity index is -0.000000266. The first kappa shape index (κ1) is 52.0. The quantitative estimate of drug-likeness (QED) is 0.0455. The van der Waals surface area contributed by atoms with Crippen LogP contribution in [0.15, 0.2) is 108 Å². The third-order valence-electron chi connectivity index (χ3n) is 5.71. The van der Waals surface area contributed by atoms with Gasteiger partial charge in [0.1, 0.15) is 28.6 Å². The van der Waals surface area contributed by atoms with Crippen LogP contribution >= 0.6 is 15.9 Å². The van der Waals surface area contributed by atoms with Crippen molar-refractivity contribution in [1.82, 2.24) is 0 Å². The summed E-state index contributed by atoms with van der Waals surface area (Å²) in [6.45, 7) is 1.82. The van der Waals surface area contributed by atoms with E-state index in [9.17, 15) is 8.76 Å². The number of carbonyl (C=O) groups excluding carboxylic acids is 1. The Morgan fingerprint density at radius 2 is 1.40 bits per heavy atom. The summed E-state index contributed by atoms with van der Waals surface area (Å²) in [5.74, 6) is 1.85. The molecule has 0 radical (unpaired) electrons. The molecule has 1 unspecified atom stereocenters. The van der Waals surface area contributed by atoms with Gasteiger partial charge in [-0.1, -0.05) is 70.5 Å². The molecule has 1 fully saturated rings. The van der Waals surface area contributed by atoms with Crippen molar-refractivity contribution in [2.75, 3.05) is 27.4 Å². The summed E-state index contributed by atoms with van der Waals surface area (Å²) in [7, 11) is 3.38. The second kappa shape index (κ2) is 36.4. The molecule has 0 aromatic heterocycles. The minimum Gasteiger partial charge on any atom is -1.00 e. The van der Waals surface area contributed by atoms with Gasteiger partial charge in [0, 0.05) is 41.8 Å². The second-order valence-electron chi connectivity index (χ2n) is 8.81. The number of alkyl halides is 1. The molecule has 0 spiro atoms. The Hall–Kier alpha value is 0.643. The third kappa shape index (κ3) is 28.0. The van der Waals surface area contributed by atoms with Crippen LogP contribution < -0.4 is 147 Å². The van der Waals surface area contributed by atoms with Gasteiger partial charge in [-0.3, -0.25) is 9.00 Å². The van der Waals surface area contributed by atoms with Crippen LogP contribution in [0.3, 0.4) is 0 Å². The van der Waals surface area contributed by atoms with E-state index in [0.29, 0.717) is 0 Å². The fourth-order valence-corrected chi connectivity index (χ4v) is 4.21. The summed E-state index contributed by atoms with van der Waals surface area (Å²) >= 11 is 1.26. The van der Waals surface area contributed by atoms with E-state index in [1.807, 2.05) is 30.3 Å². The van der Waals surface area contributed by atoms with Crippen LogP contribution in [0.4, 0.5) is 0 Å². The zero-order chi connectivity index (χ0) is 32.3. The van der Waals surface area contributed by atoms with Gasteiger partial charge in [-0.2, -0.15) is 0 Å². The molecule has 3 aromatic carbocycles. The van der Waals surface area contributed by atoms with Gasteiger partial charge < -0.3 is 30.3 Å². The van der Waals surface area contributed by atoms with Crippen LogP contribution in [0, 0.1) is 6.08 Å². The predicted octanol–water partition coefficient (Wildman–Crippen LogP) is -2.89. The first-order valence-corrected chi connectivity index (χ1v) is 15.9. The van der Waals surface area contributed by atoms with E-state index >= 15 is 0 Å². The maximum Gasteiger partial charge on any atom is 1.00 e. The third-order valence-corrected chi connectivity index (χ3v) is 6.99. The molecule has 47 heavy (non-hydrogen) atoms. The van der Waals surface area contributed by atoms with Crippen molar-refractivity contribution in [1.29, 1.82) is 0 Å². The Bertz CT molecular complexity index is 1290. The summed E-state index contributed by atoms with van der Waals surface area (Å²) in [6, 6.07) is 26.8. The Morgan fingerprint density at radius 1 is 0.894 bits per heavy atom. The van der Waals surface area contributed by atoms with E-state index in [1.54, 1.807) is 26.4 Å². The first-order valence-electron chi connectivity index (χ1n) is 13.7. The SMILES string of the molecule is C1CCOC1.COc1cccc(CBr)c1.COc1cccc(CCc2ccccc2)c1.O=CO[O-].O=S([O-])C1=CC=C[C+]=C1.[H-].[K+].[K+].[Na+]. The predicted molar refractivity (Wildman–Crippen MR) is 175 cm³/mol. The molecule has 0 amide bonds. The van der Waals surface area contributed by atoms with Crippen molar-refractivity contribution in [3.05, 3.63) is 131 Å². The minimum absolute atomic E-state index is 0. The van der Waals surface area contributed by atoms with E-state index in [4.69, 9.17) is 24.3 Å². The van der Waals surface area contributed by atoms with E-state index in [1.165, 1.54) is 41.7 Å². The molecule has 13 heteroatoms. The van der Waals surface area contributed by atoms with Gasteiger partial charge in [0.25, 0.3) is 6.47 Å². The maximum absolute atomic E-state index is 10.2. The standard InChI is InChI=1S/C15H16O.C8H9BrO.C6H4O2S.C4H8O.CH2O3.2K.Na.H/c1-16-15-9-5-8-14(12-15)11-10-13-6-3-2-4-7-13;1-10-8-4-2-3-7(5-8)6-9;7-9(8)6-4-2-1-3-5-6;1-2-4-5-3-1;2-1-4-3;;;;/h2-9,12H,10-11H2,1H3;2-5H,6H2,1H3;1-2,4-5H;1-4H2;1,3H;;;;/q;;;;;3*+1;-1/p-1. The topological polar surface area (TPSA) is 117 Å². The van der Waals surface area contributed by atoms with Crippen LogP contribution in [0.5, 0.6) is 11.5 Å². The van der Waals surface area contributed by atoms with Gasteiger partial charge in [0.2, 0.25) is 0 Å². The van der Waals surface area contributed by atoms with Crippen LogP contribution in [0.1, 0.15) is 31.0 Å². The number of hydrogen-bond donors (Lipinski definition) is 0. The van der Waals surface area contributed by atoms with Crippen molar-refractivity contribution in [3.63, 3.8) is 0 Å². The summed E-state index contributed by atoms with van der Waals surface area (Å²) in [5.41, 5.74) is 3.94. The molecule has 0 bridgehead atoms. The Kier molecular flexibility index (Phi) is 40.3. The van der Waals surface area contributed by atoms with Crippen molar-refractivity contribution < 1.29 is 172 Å². The second-order valence-corrected chi connectivity index (χ2v) is 10.3. The van der Waals surface area contributed by atoms with Crippen LogP contribution in [-0.2, 0) is 43.7 Å². The molecule has 8 nitrogen and oxygen atoms in total. The number of hydrogen-bond acceptors (Lipinski definition) is 8. The van der Waals surface area contributed by atoms with Gasteiger partial charge in [-0.15, -0.1) is 0 Å². The smallest absolute Gasteiger partial charge is 1.00 e. The van der Waals surface area contributed by atoms with E-state index in [0.717, 1.165) is 42.9 Å². The Morgan fingerprint density at radius 3 is 1.81 bits per heavy atom. The molecule has 1 saturated heterocycles. The van der Waals surface area contributed by atoms with Crippen molar-refractivity contribution in [2.45, 2.75) is 31.0 Å². The number of methoxy groups -OCH3 is 2. The van der Waals surface area contributed by atoms with Crippen molar-refractivity contribution in [3.8, 4) is 11.5 Å². The number of halogens is 1. The molecular formula is C34H39BrK2NaO8S+. The monoisotopic (exact) mass is 787 g/mol. The number of rotatable bonds is 8. The fraction of sp³-hybridized carbons (Fsp3) is 0.265. The van der Waals surface area contributed by atoms with E-state index < -0.39 is 11.1 Å². The fourth-order valence-electron chi connectivity index (χ4n) is 3.51. The van der Waals surface area contributed by atoms with Crippen LogP contribution in [0.2, 0.25) is 0 Å². The molecule has 1 aliphatic heterocycles. The van der Waals surface area contributed by atoms with E-state index in [-0.39, 0.29) is 145 Å². The van der Waals surface area contributed by atoms with Gasteiger partial charge in [0.15, 0.2) is 0 Å². The summed E-state index contributed by atoms with van der Waals surface area (Å²) in [6.07, 6.45) is 13.6. The number of carbonyl (C=O) groups is 1. The molecule has 3 aromatic rings. The molecular weight excluding hydrogens is 750 g/mol. The van der Waals surface area contributed by atoms with Crippen molar-refractivity contribution in [2.24, 2.45) is 0 Å². The first-order chi connectivity index (χ1) is 21.5. The number of allylic oxidation sites excluding steroid dienone is 5. The number of aryl methyl sites for hydroxylation is 2. The molecule has 238 valence electrons. The molecule has 5 rings (SSSR count). The van der Waals surface area contributed by atoms with Gasteiger partial charge in [-0.25, -0.2) is 0 Å². The summed E-state index contributed by atoms with van der Waals surface area (Å²) in [5, 5.41) is 9.31. The van der Waals surface area contributed by atoms with Gasteiger partial charge >= 0.3 is 132 Å². The average molecular weight is 789 g/mol. The number of benzene rings is 3. The van der Waals surface area contributed by atoms with Crippen LogP contribution in [0.25, 0.3) is 0 Å². The molecule has 0 N–H and O–H groups in total. The summed E-state index contributed by atoms with van der Waals surface area (Å²) < 4.78 is 35.5. The van der Waals surface area contributed by atoms with Crippen molar-refractivity contribution >= 4 is 33.5 Å². The molecule has 0 saturated carbocycles. The minimum atomic E-state index is -2.11. The molecule has 1 atom stereocenters. The van der Waals surface area contributed by atoms with Gasteiger partial charge in [0.05, 0.1) is 20.3 Å². The largest absolute Gasteiger partial charge is 1.00 e. The molecule has 1 heterocycles.